The normalized spacial score (nSPS) is 10.1. The van der Waals surface area contributed by atoms with E-state index in [2.05, 4.69) is 20.0 Å². The van der Waals surface area contributed by atoms with Crippen molar-refractivity contribution in [2.75, 3.05) is 5.32 Å². The first-order valence-electron chi connectivity index (χ1n) is 4.19. The molecule has 1 amide bonds. The highest BCUT2D eigenvalue weighted by Gasteiger charge is 2.16. The molecule has 0 aliphatic rings. The van der Waals surface area contributed by atoms with Crippen LogP contribution in [0.3, 0.4) is 0 Å². The standard InChI is InChI=1S/C9H5F2N3O2/c10-7-6(1-2-12-8(7)11)9(15)14-5-3-13-16-4-5/h1-4H,(H,14,15). The Morgan fingerprint density at radius 1 is 1.44 bits per heavy atom. The summed E-state index contributed by atoms with van der Waals surface area (Å²) >= 11 is 0. The summed E-state index contributed by atoms with van der Waals surface area (Å²) < 4.78 is 30.3. The van der Waals surface area contributed by atoms with Crippen LogP contribution in [0.25, 0.3) is 0 Å². The van der Waals surface area contributed by atoms with E-state index in [1.54, 1.807) is 0 Å². The van der Waals surface area contributed by atoms with Crippen LogP contribution >= 0.6 is 0 Å². The van der Waals surface area contributed by atoms with Crippen LogP contribution < -0.4 is 5.32 Å². The number of pyridine rings is 1. The molecule has 2 heterocycles. The van der Waals surface area contributed by atoms with Gasteiger partial charge in [-0.1, -0.05) is 5.16 Å². The van der Waals surface area contributed by atoms with Gasteiger partial charge in [0, 0.05) is 6.20 Å². The molecule has 0 saturated carbocycles. The van der Waals surface area contributed by atoms with Gasteiger partial charge >= 0.3 is 0 Å². The first kappa shape index (κ1) is 10.2. The van der Waals surface area contributed by atoms with Crippen molar-refractivity contribution in [3.8, 4) is 0 Å². The molecule has 0 unspecified atom stereocenters. The summed E-state index contributed by atoms with van der Waals surface area (Å²) in [4.78, 5) is 14.5. The molecule has 2 aromatic heterocycles. The smallest absolute Gasteiger partial charge is 0.258 e. The number of nitrogens with zero attached hydrogens (tertiary/aromatic N) is 2. The maximum absolute atomic E-state index is 13.1. The van der Waals surface area contributed by atoms with Gasteiger partial charge in [0.05, 0.1) is 11.8 Å². The Balaban J connectivity index is 2.24. The average molecular weight is 225 g/mol. The lowest BCUT2D eigenvalue weighted by Gasteiger charge is -2.02. The molecule has 0 radical (unpaired) electrons. The molecule has 2 rings (SSSR count). The number of hydrogen-bond donors (Lipinski definition) is 1. The molecule has 0 bridgehead atoms. The van der Waals surface area contributed by atoms with Gasteiger partial charge in [0.2, 0.25) is 5.95 Å². The number of carbonyl (C=O) groups is 1. The maximum atomic E-state index is 13.1. The van der Waals surface area contributed by atoms with Gasteiger partial charge in [-0.25, -0.2) is 9.37 Å². The Hall–Kier alpha value is -2.31. The summed E-state index contributed by atoms with van der Waals surface area (Å²) in [5.74, 6) is -3.42. The summed E-state index contributed by atoms with van der Waals surface area (Å²) in [7, 11) is 0. The molecule has 0 aliphatic heterocycles. The third-order valence-electron chi connectivity index (χ3n) is 1.78. The zero-order valence-corrected chi connectivity index (χ0v) is 7.78. The number of aromatic nitrogens is 2. The number of hydrogen-bond acceptors (Lipinski definition) is 4. The quantitative estimate of drug-likeness (QED) is 0.788. The van der Waals surface area contributed by atoms with Gasteiger partial charge in [-0.3, -0.25) is 4.79 Å². The largest absolute Gasteiger partial charge is 0.363 e. The van der Waals surface area contributed by atoms with Crippen molar-refractivity contribution in [1.82, 2.24) is 10.1 Å². The predicted octanol–water partition coefficient (Wildman–Crippen LogP) is 1.60. The van der Waals surface area contributed by atoms with E-state index in [0.29, 0.717) is 0 Å². The van der Waals surface area contributed by atoms with Crippen LogP contribution in [0, 0.1) is 11.8 Å². The van der Waals surface area contributed by atoms with Crippen LogP contribution in [-0.4, -0.2) is 16.0 Å². The van der Waals surface area contributed by atoms with E-state index < -0.39 is 23.2 Å². The number of nitrogens with one attached hydrogen (secondary N) is 1. The molecule has 5 nitrogen and oxygen atoms in total. The second kappa shape index (κ2) is 4.05. The molecule has 16 heavy (non-hydrogen) atoms. The fraction of sp³-hybridized carbons (Fsp3) is 0. The zero-order valence-electron chi connectivity index (χ0n) is 7.78. The highest BCUT2D eigenvalue weighted by atomic mass is 19.2. The lowest BCUT2D eigenvalue weighted by Crippen LogP contribution is -2.14. The SMILES string of the molecule is O=C(Nc1cnoc1)c1ccnc(F)c1F. The molecule has 1 N–H and O–H groups in total. The van der Waals surface area contributed by atoms with Crippen LogP contribution in [0.4, 0.5) is 14.5 Å². The highest BCUT2D eigenvalue weighted by Crippen LogP contribution is 2.12. The first-order valence-corrected chi connectivity index (χ1v) is 4.19. The fourth-order valence-electron chi connectivity index (χ4n) is 1.06. The third-order valence-corrected chi connectivity index (χ3v) is 1.78. The molecule has 0 fully saturated rings. The third kappa shape index (κ3) is 1.88. The van der Waals surface area contributed by atoms with Crippen molar-refractivity contribution in [3.05, 3.63) is 42.1 Å². The molecule has 82 valence electrons. The summed E-state index contributed by atoms with van der Waals surface area (Å²) in [5.41, 5.74) is -0.185. The van der Waals surface area contributed by atoms with Crippen molar-refractivity contribution in [2.24, 2.45) is 0 Å². The Morgan fingerprint density at radius 2 is 2.25 bits per heavy atom. The number of amides is 1. The van der Waals surface area contributed by atoms with Gasteiger partial charge in [-0.15, -0.1) is 0 Å². The minimum Gasteiger partial charge on any atom is -0.363 e. The lowest BCUT2D eigenvalue weighted by atomic mass is 10.2. The summed E-state index contributed by atoms with van der Waals surface area (Å²) in [6, 6.07) is 1.07. The van der Waals surface area contributed by atoms with Gasteiger partial charge in [-0.2, -0.15) is 4.39 Å². The van der Waals surface area contributed by atoms with Gasteiger partial charge in [-0.05, 0) is 6.07 Å². The van der Waals surface area contributed by atoms with Gasteiger partial charge in [0.15, 0.2) is 5.82 Å². The monoisotopic (exact) mass is 225 g/mol. The Morgan fingerprint density at radius 3 is 2.94 bits per heavy atom. The minimum absolute atomic E-state index is 0.252. The molecule has 0 atom stereocenters. The summed E-state index contributed by atoms with van der Waals surface area (Å²) in [6.07, 6.45) is 3.39. The van der Waals surface area contributed by atoms with Gasteiger partial charge in [0.25, 0.3) is 5.91 Å². The average Bonchev–Trinajstić information content (AvgIpc) is 2.74. The van der Waals surface area contributed by atoms with Crippen molar-refractivity contribution in [3.63, 3.8) is 0 Å². The molecule has 0 aliphatic carbocycles. The van der Waals surface area contributed by atoms with E-state index >= 15 is 0 Å². The lowest BCUT2D eigenvalue weighted by molar-refractivity contribution is 0.102. The van der Waals surface area contributed by atoms with Crippen molar-refractivity contribution >= 4 is 11.6 Å². The second-order valence-electron chi connectivity index (χ2n) is 2.83. The number of carbonyl (C=O) groups excluding carboxylic acids is 1. The molecular formula is C9H5F2N3O2. The second-order valence-corrected chi connectivity index (χ2v) is 2.83. The van der Waals surface area contributed by atoms with Crippen molar-refractivity contribution in [1.29, 1.82) is 0 Å². The number of anilines is 1. The molecule has 0 aromatic carbocycles. The van der Waals surface area contributed by atoms with E-state index in [0.717, 1.165) is 18.5 Å². The Kier molecular flexibility index (Phi) is 2.59. The fourth-order valence-corrected chi connectivity index (χ4v) is 1.06. The molecule has 0 saturated heterocycles. The summed E-state index contributed by atoms with van der Waals surface area (Å²) in [5, 5.41) is 5.62. The van der Waals surface area contributed by atoms with E-state index in [9.17, 15) is 13.6 Å². The number of rotatable bonds is 2. The summed E-state index contributed by atoms with van der Waals surface area (Å²) in [6.45, 7) is 0. The first-order chi connectivity index (χ1) is 7.68. The maximum Gasteiger partial charge on any atom is 0.258 e. The topological polar surface area (TPSA) is 68.0 Å². The Bertz CT molecular complexity index is 513. The number of halogens is 2. The highest BCUT2D eigenvalue weighted by molar-refractivity contribution is 6.04. The van der Waals surface area contributed by atoms with E-state index in [1.165, 1.54) is 6.20 Å². The van der Waals surface area contributed by atoms with Gasteiger partial charge < -0.3 is 9.84 Å². The predicted molar refractivity (Wildman–Crippen MR) is 48.6 cm³/mol. The van der Waals surface area contributed by atoms with Crippen LogP contribution in [0.2, 0.25) is 0 Å². The van der Waals surface area contributed by atoms with E-state index in [4.69, 9.17) is 0 Å². The van der Waals surface area contributed by atoms with Crippen LogP contribution in [0.5, 0.6) is 0 Å². The zero-order chi connectivity index (χ0) is 11.5. The van der Waals surface area contributed by atoms with Gasteiger partial charge in [0.1, 0.15) is 12.0 Å². The molecular weight excluding hydrogens is 220 g/mol. The molecule has 2 aromatic rings. The minimum atomic E-state index is -1.32. The van der Waals surface area contributed by atoms with Crippen molar-refractivity contribution < 1.29 is 18.1 Å². The van der Waals surface area contributed by atoms with Crippen LogP contribution in [0.1, 0.15) is 10.4 Å². The molecule has 7 heteroatoms. The van der Waals surface area contributed by atoms with E-state index in [-0.39, 0.29) is 5.69 Å². The van der Waals surface area contributed by atoms with Crippen LogP contribution in [-0.2, 0) is 0 Å². The van der Waals surface area contributed by atoms with E-state index in [1.807, 2.05) is 0 Å². The van der Waals surface area contributed by atoms with Crippen molar-refractivity contribution in [2.45, 2.75) is 0 Å². The molecule has 0 spiro atoms. The Labute approximate surface area is 88.1 Å². The van der Waals surface area contributed by atoms with Crippen LogP contribution in [0.15, 0.2) is 29.2 Å².